The number of hydrogen-bond acceptors (Lipinski definition) is 3. The third-order valence-electron chi connectivity index (χ3n) is 7.75. The third-order valence-corrected chi connectivity index (χ3v) is 9.78. The first kappa shape index (κ1) is 32.3. The van der Waals surface area contributed by atoms with Crippen molar-refractivity contribution in [2.75, 3.05) is 0 Å². The Bertz CT molecular complexity index is 2220. The maximum absolute atomic E-state index is 12.8. The zero-order chi connectivity index (χ0) is 35.0. The molecule has 3 nitrogen and oxygen atoms in total. The number of benzene rings is 4. The zero-order valence-corrected chi connectivity index (χ0v) is 31.4. The van der Waals surface area contributed by atoms with E-state index in [1.165, 1.54) is 17.3 Å². The largest absolute Gasteiger partial charge is 0.500 e. The summed E-state index contributed by atoms with van der Waals surface area (Å²) >= 11 is 0. The number of furan rings is 1. The SMILES string of the molecule is C[Si](C)(C)c1ccc(-c2[c-]cc(F)cc2)nc1.[2H]C([2H])(c1ccnc(-c2[c-]cc3oc4cc(-c5ccccc5)ccc4c3c2)c1)C(C)(C)C.[Ir]. The van der Waals surface area contributed by atoms with Crippen LogP contribution in [0.2, 0.25) is 19.6 Å². The molecule has 245 valence electrons. The standard InChI is InChI=1S/C28H24NO.C14H15FNSi.Ir/c1-28(2,3)18-19-13-14-29-25(15-19)22-10-12-26-24(16-22)23-11-9-21(17-27(23)30-26)20-7-5-4-6-8-20;1-17(2,3)13-8-9-14(16-10-13)11-4-6-12(15)7-5-11;/h4-9,11-17H,18H2,1-3H3;4,6-10H,1-3H3;/q2*-1;/i18D2;;. The van der Waals surface area contributed by atoms with Crippen LogP contribution in [0.3, 0.4) is 0 Å². The molecule has 6 heteroatoms. The molecule has 0 N–H and O–H groups in total. The van der Waals surface area contributed by atoms with Crippen LogP contribution in [0.25, 0.3) is 55.6 Å². The van der Waals surface area contributed by atoms with Gasteiger partial charge in [-0.2, -0.15) is 0 Å². The minimum Gasteiger partial charge on any atom is -0.500 e. The van der Waals surface area contributed by atoms with Crippen molar-refractivity contribution < 1.29 is 31.7 Å². The van der Waals surface area contributed by atoms with E-state index in [9.17, 15) is 4.39 Å². The first-order valence-corrected chi connectivity index (χ1v) is 19.3. The second-order valence-corrected chi connectivity index (χ2v) is 18.8. The molecule has 0 saturated carbocycles. The summed E-state index contributed by atoms with van der Waals surface area (Å²) in [5, 5.41) is 3.36. The smallest absolute Gasteiger partial charge is 0.121 e. The zero-order valence-electron chi connectivity index (χ0n) is 30.0. The van der Waals surface area contributed by atoms with Crippen LogP contribution >= 0.6 is 0 Å². The van der Waals surface area contributed by atoms with Crippen LogP contribution in [0.5, 0.6) is 0 Å². The number of pyridine rings is 2. The number of halogens is 1. The average Bonchev–Trinajstić information content (AvgIpc) is 3.46. The molecular weight excluding hydrogens is 788 g/mol. The molecule has 0 aliphatic rings. The molecule has 4 aromatic carbocycles. The summed E-state index contributed by atoms with van der Waals surface area (Å²) in [6, 6.07) is 38.7. The molecule has 0 saturated heterocycles. The number of fused-ring (bicyclic) bond motifs is 3. The topological polar surface area (TPSA) is 38.9 Å². The second-order valence-electron chi connectivity index (χ2n) is 13.7. The maximum Gasteiger partial charge on any atom is 0.121 e. The predicted octanol–water partition coefficient (Wildman–Crippen LogP) is 10.9. The summed E-state index contributed by atoms with van der Waals surface area (Å²) in [6.07, 6.45) is 2.12. The van der Waals surface area contributed by atoms with E-state index in [1.807, 2.05) is 69.4 Å². The van der Waals surface area contributed by atoms with E-state index in [2.05, 4.69) is 78.1 Å². The van der Waals surface area contributed by atoms with Crippen molar-refractivity contribution in [3.63, 3.8) is 0 Å². The Labute approximate surface area is 300 Å². The van der Waals surface area contributed by atoms with E-state index in [1.54, 1.807) is 18.3 Å². The van der Waals surface area contributed by atoms with Gasteiger partial charge in [0, 0.05) is 46.4 Å². The van der Waals surface area contributed by atoms with Crippen molar-refractivity contribution >= 4 is 35.2 Å². The number of hydrogen-bond donors (Lipinski definition) is 0. The van der Waals surface area contributed by atoms with Crippen molar-refractivity contribution in [1.82, 2.24) is 9.97 Å². The van der Waals surface area contributed by atoms with Crippen LogP contribution in [0.15, 0.2) is 120 Å². The first-order valence-electron chi connectivity index (χ1n) is 16.8. The maximum atomic E-state index is 12.8. The Hall–Kier alpha value is -4.22. The van der Waals surface area contributed by atoms with Crippen molar-refractivity contribution in [3.8, 4) is 33.6 Å². The Balaban J connectivity index is 0.000000229. The van der Waals surface area contributed by atoms with Gasteiger partial charge in [0.05, 0.1) is 13.7 Å². The molecular formula is C42H39FIrN2OSi-2. The minimum atomic E-state index is -1.48. The molecule has 3 aromatic heterocycles. The van der Waals surface area contributed by atoms with Crippen LogP contribution in [0.1, 0.15) is 29.1 Å². The van der Waals surface area contributed by atoms with Crippen molar-refractivity contribution in [3.05, 3.63) is 139 Å². The molecule has 0 amide bonds. The Kier molecular flexibility index (Phi) is 9.76. The number of nitrogens with zero attached hydrogens (tertiary/aromatic N) is 2. The summed E-state index contributed by atoms with van der Waals surface area (Å²) in [6.45, 7) is 12.6. The minimum absolute atomic E-state index is 0. The summed E-state index contributed by atoms with van der Waals surface area (Å²) in [4.78, 5) is 8.93. The normalized spacial score (nSPS) is 12.5. The fourth-order valence-electron chi connectivity index (χ4n) is 5.33. The van der Waals surface area contributed by atoms with E-state index < -0.39 is 19.9 Å². The van der Waals surface area contributed by atoms with Gasteiger partial charge in [0.1, 0.15) is 5.58 Å². The van der Waals surface area contributed by atoms with Gasteiger partial charge in [-0.15, -0.1) is 53.6 Å². The summed E-state index contributed by atoms with van der Waals surface area (Å²) in [5.41, 5.74) is 7.14. The van der Waals surface area contributed by atoms with Gasteiger partial charge in [-0.1, -0.05) is 112 Å². The molecule has 0 aliphatic carbocycles. The molecule has 3 heterocycles. The van der Waals surface area contributed by atoms with E-state index in [0.717, 1.165) is 49.9 Å². The van der Waals surface area contributed by atoms with Crippen molar-refractivity contribution in [2.24, 2.45) is 5.41 Å². The van der Waals surface area contributed by atoms with Crippen LogP contribution in [-0.2, 0) is 26.5 Å². The van der Waals surface area contributed by atoms with Gasteiger partial charge in [0.15, 0.2) is 0 Å². The Morgan fingerprint density at radius 3 is 2.19 bits per heavy atom. The summed E-state index contributed by atoms with van der Waals surface area (Å²) < 4.78 is 36.1. The van der Waals surface area contributed by atoms with Gasteiger partial charge in [-0.05, 0) is 51.6 Å². The van der Waals surface area contributed by atoms with E-state index >= 15 is 0 Å². The summed E-state index contributed by atoms with van der Waals surface area (Å²) in [5.74, 6) is -0.271. The molecule has 7 rings (SSSR count). The molecule has 0 fully saturated rings. The summed E-state index contributed by atoms with van der Waals surface area (Å²) in [7, 11) is -1.30. The van der Waals surface area contributed by atoms with Gasteiger partial charge in [-0.25, -0.2) is 0 Å². The average molecular weight is 829 g/mol. The van der Waals surface area contributed by atoms with Crippen LogP contribution < -0.4 is 5.19 Å². The Morgan fingerprint density at radius 2 is 1.52 bits per heavy atom. The van der Waals surface area contributed by atoms with E-state index in [4.69, 9.17) is 7.16 Å². The van der Waals surface area contributed by atoms with Gasteiger partial charge >= 0.3 is 0 Å². The fourth-order valence-corrected chi connectivity index (χ4v) is 6.36. The predicted molar refractivity (Wildman–Crippen MR) is 196 cm³/mol. The van der Waals surface area contributed by atoms with Crippen molar-refractivity contribution in [1.29, 1.82) is 0 Å². The third kappa shape index (κ3) is 8.43. The van der Waals surface area contributed by atoms with E-state index in [-0.39, 0.29) is 25.9 Å². The molecule has 0 bridgehead atoms. The van der Waals surface area contributed by atoms with Crippen LogP contribution in [0.4, 0.5) is 4.39 Å². The second kappa shape index (κ2) is 14.5. The number of aromatic nitrogens is 2. The van der Waals surface area contributed by atoms with Gasteiger partial charge < -0.3 is 14.4 Å². The molecule has 1 radical (unpaired) electrons. The molecule has 0 aliphatic heterocycles. The molecule has 7 aromatic rings. The van der Waals surface area contributed by atoms with Crippen LogP contribution in [0, 0.1) is 23.4 Å². The van der Waals surface area contributed by atoms with Gasteiger partial charge in [0.2, 0.25) is 0 Å². The van der Waals surface area contributed by atoms with Gasteiger partial charge in [-0.3, -0.25) is 4.39 Å². The van der Waals surface area contributed by atoms with Crippen molar-refractivity contribution in [2.45, 2.75) is 46.8 Å². The fraction of sp³-hybridized carbons (Fsp3) is 0.190. The molecule has 48 heavy (non-hydrogen) atoms. The number of rotatable bonds is 5. The molecule has 0 unspecified atom stereocenters. The molecule has 0 spiro atoms. The van der Waals surface area contributed by atoms with Crippen LogP contribution in [-0.4, -0.2) is 18.0 Å². The first-order chi connectivity index (χ1) is 23.2. The molecule has 0 atom stereocenters. The monoisotopic (exact) mass is 829 g/mol. The van der Waals surface area contributed by atoms with E-state index in [0.29, 0.717) is 11.3 Å². The van der Waals surface area contributed by atoms with Gasteiger partial charge in [0.25, 0.3) is 0 Å². The quantitative estimate of drug-likeness (QED) is 0.128. The Morgan fingerprint density at radius 1 is 0.750 bits per heavy atom.